The molecular weight excluding hydrogens is 396 g/mol. The van der Waals surface area contributed by atoms with Crippen molar-refractivity contribution in [2.45, 2.75) is 37.4 Å². The van der Waals surface area contributed by atoms with Gasteiger partial charge in [0.2, 0.25) is 10.0 Å². The van der Waals surface area contributed by atoms with Crippen LogP contribution in [0.25, 0.3) is 10.9 Å². The van der Waals surface area contributed by atoms with Gasteiger partial charge in [-0.1, -0.05) is 30.3 Å². The van der Waals surface area contributed by atoms with E-state index in [4.69, 9.17) is 0 Å². The van der Waals surface area contributed by atoms with Gasteiger partial charge in [0.25, 0.3) is 0 Å². The fourth-order valence-corrected chi connectivity index (χ4v) is 6.32. The molecule has 0 radical (unpaired) electrons. The number of hydrogen-bond acceptors (Lipinski definition) is 4. The molecule has 0 amide bonds. The predicted molar refractivity (Wildman–Crippen MR) is 120 cm³/mol. The number of fused-ring (bicyclic) bond motifs is 2. The van der Waals surface area contributed by atoms with Crippen molar-refractivity contribution in [3.8, 4) is 0 Å². The predicted octanol–water partition coefficient (Wildman–Crippen LogP) is 3.43. The van der Waals surface area contributed by atoms with Crippen molar-refractivity contribution >= 4 is 26.6 Å². The van der Waals surface area contributed by atoms with Crippen LogP contribution in [-0.4, -0.2) is 37.1 Å². The molecule has 2 aromatic carbocycles. The van der Waals surface area contributed by atoms with Crippen LogP contribution in [0.15, 0.2) is 53.4 Å². The fourth-order valence-electron chi connectivity index (χ4n) is 4.93. The average molecular weight is 425 g/mol. The first kappa shape index (κ1) is 19.6. The number of rotatable bonds is 3. The molecule has 6 nitrogen and oxygen atoms in total. The van der Waals surface area contributed by atoms with E-state index in [9.17, 15) is 8.42 Å². The van der Waals surface area contributed by atoms with E-state index in [1.165, 1.54) is 22.2 Å². The van der Waals surface area contributed by atoms with Gasteiger partial charge in [-0.15, -0.1) is 0 Å². The number of likely N-dealkylation sites (tertiary alicyclic amines) is 1. The van der Waals surface area contributed by atoms with Gasteiger partial charge in [0.15, 0.2) is 0 Å². The Morgan fingerprint density at radius 1 is 1.03 bits per heavy atom. The summed E-state index contributed by atoms with van der Waals surface area (Å²) in [6, 6.07) is 15.7. The standard InChI is InChI=1S/C23H28N4O2S/c1-16-19(18-7-3-5-9-21(18)26(16)2)15-27-13-11-17(12-14-27)23-24-20-8-4-6-10-22(20)30(28,29)25-23/h3-10,17,23-25H,11-15H2,1-2H3. The summed E-state index contributed by atoms with van der Waals surface area (Å²) in [5.74, 6) is 0.276. The van der Waals surface area contributed by atoms with E-state index in [1.807, 2.05) is 12.1 Å². The molecule has 0 saturated carbocycles. The van der Waals surface area contributed by atoms with Crippen molar-refractivity contribution in [3.63, 3.8) is 0 Å². The Morgan fingerprint density at radius 2 is 1.73 bits per heavy atom. The summed E-state index contributed by atoms with van der Waals surface area (Å²) in [7, 11) is -1.33. The molecule has 30 heavy (non-hydrogen) atoms. The SMILES string of the molecule is Cc1c(CN2CCC(C3Nc4ccccc4S(=O)(=O)N3)CC2)c2ccccc2n1C. The molecule has 0 bridgehead atoms. The van der Waals surface area contributed by atoms with Crippen LogP contribution in [0.5, 0.6) is 0 Å². The lowest BCUT2D eigenvalue weighted by Gasteiger charge is -2.39. The lowest BCUT2D eigenvalue weighted by atomic mass is 9.93. The molecule has 3 aromatic rings. The number of nitrogens with one attached hydrogen (secondary N) is 2. The fraction of sp³-hybridized carbons (Fsp3) is 0.391. The zero-order valence-corrected chi connectivity index (χ0v) is 18.2. The minimum Gasteiger partial charge on any atom is -0.368 e. The highest BCUT2D eigenvalue weighted by Gasteiger charge is 2.35. The summed E-state index contributed by atoms with van der Waals surface area (Å²) >= 11 is 0. The van der Waals surface area contributed by atoms with E-state index in [0.29, 0.717) is 10.6 Å². The number of nitrogens with zero attached hydrogens (tertiary/aromatic N) is 2. The number of aromatic nitrogens is 1. The number of para-hydroxylation sites is 2. The van der Waals surface area contributed by atoms with Crippen LogP contribution in [0.4, 0.5) is 5.69 Å². The van der Waals surface area contributed by atoms with Gasteiger partial charge in [-0.05, 0) is 62.5 Å². The molecule has 1 fully saturated rings. The van der Waals surface area contributed by atoms with E-state index in [2.05, 4.69) is 57.7 Å². The highest BCUT2D eigenvalue weighted by Crippen LogP contribution is 2.32. The van der Waals surface area contributed by atoms with Crippen LogP contribution in [-0.2, 0) is 23.6 Å². The normalized spacial score (nSPS) is 22.0. The van der Waals surface area contributed by atoms with Crippen LogP contribution < -0.4 is 10.0 Å². The van der Waals surface area contributed by atoms with Crippen LogP contribution in [0.2, 0.25) is 0 Å². The minimum atomic E-state index is -3.46. The maximum atomic E-state index is 12.6. The molecule has 0 aliphatic carbocycles. The van der Waals surface area contributed by atoms with Crippen LogP contribution in [0, 0.1) is 12.8 Å². The third-order valence-electron chi connectivity index (χ3n) is 6.79. The highest BCUT2D eigenvalue weighted by atomic mass is 32.2. The second kappa shape index (κ2) is 7.41. The van der Waals surface area contributed by atoms with E-state index in [0.717, 1.165) is 32.5 Å². The van der Waals surface area contributed by atoms with Gasteiger partial charge in [0.05, 0.1) is 11.9 Å². The largest absolute Gasteiger partial charge is 0.368 e. The van der Waals surface area contributed by atoms with Crippen molar-refractivity contribution in [2.75, 3.05) is 18.4 Å². The Labute approximate surface area is 177 Å². The molecule has 1 saturated heterocycles. The number of anilines is 1. The molecule has 2 aliphatic heterocycles. The van der Waals surface area contributed by atoms with E-state index in [-0.39, 0.29) is 12.1 Å². The Bertz CT molecular complexity index is 1190. The lowest BCUT2D eigenvalue weighted by molar-refractivity contribution is 0.163. The maximum absolute atomic E-state index is 12.6. The smallest absolute Gasteiger partial charge is 0.244 e. The quantitative estimate of drug-likeness (QED) is 0.676. The minimum absolute atomic E-state index is 0.244. The molecule has 3 heterocycles. The monoisotopic (exact) mass is 424 g/mol. The molecular formula is C23H28N4O2S. The first-order valence-electron chi connectivity index (χ1n) is 10.6. The summed E-state index contributed by atoms with van der Waals surface area (Å²) in [6.07, 6.45) is 1.68. The van der Waals surface area contributed by atoms with E-state index < -0.39 is 10.0 Å². The molecule has 1 unspecified atom stereocenters. The summed E-state index contributed by atoms with van der Waals surface area (Å²) in [4.78, 5) is 2.83. The lowest BCUT2D eigenvalue weighted by Crippen LogP contribution is -2.51. The first-order valence-corrected chi connectivity index (χ1v) is 12.1. The molecule has 2 N–H and O–H groups in total. The number of benzene rings is 2. The molecule has 5 rings (SSSR count). The number of aryl methyl sites for hydroxylation is 1. The zero-order valence-electron chi connectivity index (χ0n) is 17.4. The Hall–Kier alpha value is -2.35. The second-order valence-corrected chi connectivity index (χ2v) is 10.2. The van der Waals surface area contributed by atoms with Crippen molar-refractivity contribution in [1.29, 1.82) is 0 Å². The van der Waals surface area contributed by atoms with Crippen LogP contribution in [0.1, 0.15) is 24.1 Å². The molecule has 1 aromatic heterocycles. The van der Waals surface area contributed by atoms with E-state index >= 15 is 0 Å². The third-order valence-corrected chi connectivity index (χ3v) is 8.28. The van der Waals surface area contributed by atoms with Crippen molar-refractivity contribution < 1.29 is 8.42 Å². The summed E-state index contributed by atoms with van der Waals surface area (Å²) in [5, 5.41) is 4.74. The number of hydrogen-bond donors (Lipinski definition) is 2. The first-order chi connectivity index (χ1) is 14.4. The number of sulfonamides is 1. The highest BCUT2D eigenvalue weighted by molar-refractivity contribution is 7.89. The van der Waals surface area contributed by atoms with Gasteiger partial charge in [-0.3, -0.25) is 4.90 Å². The molecule has 1 atom stereocenters. The van der Waals surface area contributed by atoms with Crippen LogP contribution in [0.3, 0.4) is 0 Å². The van der Waals surface area contributed by atoms with Gasteiger partial charge in [0.1, 0.15) is 4.90 Å². The average Bonchev–Trinajstić information content (AvgIpc) is 2.99. The second-order valence-electron chi connectivity index (χ2n) is 8.49. The Kier molecular flexibility index (Phi) is 4.84. The van der Waals surface area contributed by atoms with Crippen LogP contribution >= 0.6 is 0 Å². The summed E-state index contributed by atoms with van der Waals surface area (Å²) < 4.78 is 30.4. The Balaban J connectivity index is 1.29. The maximum Gasteiger partial charge on any atom is 0.244 e. The molecule has 2 aliphatic rings. The molecule has 158 valence electrons. The van der Waals surface area contributed by atoms with Gasteiger partial charge in [0, 0.05) is 30.2 Å². The van der Waals surface area contributed by atoms with Gasteiger partial charge < -0.3 is 9.88 Å². The number of piperidine rings is 1. The summed E-state index contributed by atoms with van der Waals surface area (Å²) in [6.45, 7) is 5.07. The van der Waals surface area contributed by atoms with E-state index in [1.54, 1.807) is 12.1 Å². The zero-order chi connectivity index (χ0) is 20.9. The van der Waals surface area contributed by atoms with Gasteiger partial charge in [-0.25, -0.2) is 8.42 Å². The van der Waals surface area contributed by atoms with Gasteiger partial charge >= 0.3 is 0 Å². The van der Waals surface area contributed by atoms with Gasteiger partial charge in [-0.2, -0.15) is 4.72 Å². The topological polar surface area (TPSA) is 66.4 Å². The summed E-state index contributed by atoms with van der Waals surface area (Å²) in [5.41, 5.74) is 4.70. The third kappa shape index (κ3) is 3.31. The Morgan fingerprint density at radius 3 is 2.53 bits per heavy atom. The van der Waals surface area contributed by atoms with Crippen molar-refractivity contribution in [2.24, 2.45) is 13.0 Å². The van der Waals surface area contributed by atoms with Crippen molar-refractivity contribution in [1.82, 2.24) is 14.2 Å². The molecule has 0 spiro atoms. The molecule has 7 heteroatoms. The van der Waals surface area contributed by atoms with Crippen molar-refractivity contribution in [3.05, 3.63) is 59.8 Å².